The Bertz CT molecular complexity index is 536. The molecule has 0 unspecified atom stereocenters. The van der Waals surface area contributed by atoms with Gasteiger partial charge in [0.15, 0.2) is 5.16 Å². The van der Waals surface area contributed by atoms with Gasteiger partial charge in [-0.05, 0) is 28.1 Å². The Morgan fingerprint density at radius 3 is 2.75 bits per heavy atom. The van der Waals surface area contributed by atoms with Crippen molar-refractivity contribution < 1.29 is 0 Å². The fourth-order valence-corrected chi connectivity index (χ4v) is 3.59. The summed E-state index contributed by atoms with van der Waals surface area (Å²) in [7, 11) is 0. The monoisotopic (exact) mass is 314 g/mol. The maximum atomic E-state index is 5.87. The first-order chi connectivity index (χ1) is 7.75. The molecule has 0 amide bonds. The van der Waals surface area contributed by atoms with Gasteiger partial charge < -0.3 is 4.57 Å². The lowest BCUT2D eigenvalue weighted by molar-refractivity contribution is 0.705. The Balaban J connectivity index is 2.10. The molecule has 1 aliphatic rings. The van der Waals surface area contributed by atoms with Gasteiger partial charge >= 0.3 is 0 Å². The summed E-state index contributed by atoms with van der Waals surface area (Å²) < 4.78 is 3.27. The number of halogens is 2. The summed E-state index contributed by atoms with van der Waals surface area (Å²) in [6.45, 7) is 1.03. The van der Waals surface area contributed by atoms with Gasteiger partial charge in [-0.1, -0.05) is 35.5 Å². The van der Waals surface area contributed by atoms with Crippen molar-refractivity contribution >= 4 is 39.3 Å². The molecule has 1 aromatic carbocycles. The Morgan fingerprint density at radius 1 is 1.31 bits per heavy atom. The van der Waals surface area contributed by atoms with Gasteiger partial charge in [0.2, 0.25) is 0 Å². The molecule has 16 heavy (non-hydrogen) atoms. The van der Waals surface area contributed by atoms with Crippen LogP contribution in [0.25, 0.3) is 11.3 Å². The number of hydrogen-bond acceptors (Lipinski definition) is 2. The van der Waals surface area contributed by atoms with Crippen molar-refractivity contribution in [3.8, 4) is 11.3 Å². The third-order valence-corrected chi connectivity index (χ3v) is 4.55. The van der Waals surface area contributed by atoms with E-state index in [9.17, 15) is 0 Å². The molecule has 0 radical (unpaired) electrons. The molecule has 1 aromatic heterocycles. The average molecular weight is 316 g/mol. The Hall–Kier alpha value is -0.450. The number of aromatic nitrogens is 2. The van der Waals surface area contributed by atoms with E-state index < -0.39 is 0 Å². The van der Waals surface area contributed by atoms with Crippen LogP contribution in [0.2, 0.25) is 5.02 Å². The molecule has 2 heterocycles. The molecule has 0 saturated heterocycles. The number of nitrogens with zero attached hydrogens (tertiary/aromatic N) is 2. The predicted molar refractivity (Wildman–Crippen MR) is 71.1 cm³/mol. The molecule has 0 fully saturated rings. The largest absolute Gasteiger partial charge is 0.312 e. The second-order valence-electron chi connectivity index (χ2n) is 3.54. The fourth-order valence-electron chi connectivity index (χ4n) is 1.74. The lowest BCUT2D eigenvalue weighted by atomic mass is 10.2. The van der Waals surface area contributed by atoms with Crippen LogP contribution in [0.4, 0.5) is 0 Å². The number of hydrogen-bond donors (Lipinski definition) is 0. The highest BCUT2D eigenvalue weighted by Crippen LogP contribution is 2.36. The lowest BCUT2D eigenvalue weighted by Crippen LogP contribution is -1.92. The van der Waals surface area contributed by atoms with Crippen LogP contribution in [0.5, 0.6) is 0 Å². The minimum absolute atomic E-state index is 0.751. The standard InChI is InChI=1S/C11H8BrClN2S/c12-10-9(7-1-3-8(13)4-2-7)14-11-15(10)5-6-16-11/h1-4H,5-6H2. The van der Waals surface area contributed by atoms with Crippen LogP contribution in [-0.2, 0) is 6.54 Å². The quantitative estimate of drug-likeness (QED) is 0.789. The van der Waals surface area contributed by atoms with Gasteiger partial charge in [-0.2, -0.15) is 0 Å². The van der Waals surface area contributed by atoms with Crippen LogP contribution >= 0.6 is 39.3 Å². The van der Waals surface area contributed by atoms with Crippen LogP contribution in [0.1, 0.15) is 0 Å². The third-order valence-electron chi connectivity index (χ3n) is 2.53. The minimum Gasteiger partial charge on any atom is -0.312 e. The number of benzene rings is 1. The topological polar surface area (TPSA) is 17.8 Å². The zero-order chi connectivity index (χ0) is 11.1. The van der Waals surface area contributed by atoms with Crippen molar-refractivity contribution in [1.29, 1.82) is 0 Å². The predicted octanol–water partition coefficient (Wildman–Crippen LogP) is 4.07. The van der Waals surface area contributed by atoms with Crippen LogP contribution in [-0.4, -0.2) is 15.3 Å². The lowest BCUT2D eigenvalue weighted by Gasteiger charge is -2.00. The van der Waals surface area contributed by atoms with Crippen molar-refractivity contribution in [2.24, 2.45) is 0 Å². The normalized spacial score (nSPS) is 14.1. The highest BCUT2D eigenvalue weighted by molar-refractivity contribution is 9.10. The van der Waals surface area contributed by atoms with Gasteiger partial charge in [-0.3, -0.25) is 0 Å². The van der Waals surface area contributed by atoms with E-state index >= 15 is 0 Å². The highest BCUT2D eigenvalue weighted by atomic mass is 79.9. The molecule has 0 aliphatic carbocycles. The van der Waals surface area contributed by atoms with Crippen molar-refractivity contribution in [3.63, 3.8) is 0 Å². The fraction of sp³-hybridized carbons (Fsp3) is 0.182. The van der Waals surface area contributed by atoms with E-state index in [2.05, 4.69) is 25.5 Å². The summed E-state index contributed by atoms with van der Waals surface area (Å²) in [5.74, 6) is 1.11. The molecule has 0 atom stereocenters. The molecule has 0 spiro atoms. The molecule has 82 valence electrons. The summed E-state index contributed by atoms with van der Waals surface area (Å²) >= 11 is 11.3. The van der Waals surface area contributed by atoms with Crippen molar-refractivity contribution in [3.05, 3.63) is 33.9 Å². The summed E-state index contributed by atoms with van der Waals surface area (Å²) in [4.78, 5) is 4.63. The molecule has 0 bridgehead atoms. The maximum absolute atomic E-state index is 5.87. The van der Waals surface area contributed by atoms with E-state index in [4.69, 9.17) is 11.6 Å². The number of rotatable bonds is 1. The van der Waals surface area contributed by atoms with E-state index in [1.54, 1.807) is 11.8 Å². The minimum atomic E-state index is 0.751. The SMILES string of the molecule is Clc1ccc(-c2nc3n(c2Br)CCS3)cc1. The molecule has 0 saturated carbocycles. The van der Waals surface area contributed by atoms with Gasteiger partial charge in [0.25, 0.3) is 0 Å². The van der Waals surface area contributed by atoms with Crippen LogP contribution in [0, 0.1) is 0 Å². The van der Waals surface area contributed by atoms with Gasteiger partial charge in [0.05, 0.1) is 0 Å². The van der Waals surface area contributed by atoms with Crippen molar-refractivity contribution in [2.75, 3.05) is 5.75 Å². The van der Waals surface area contributed by atoms with Crippen LogP contribution < -0.4 is 0 Å². The van der Waals surface area contributed by atoms with E-state index in [0.29, 0.717) is 0 Å². The summed E-state index contributed by atoms with van der Waals surface area (Å²) in [5, 5.41) is 1.85. The Labute approximate surface area is 111 Å². The Kier molecular flexibility index (Phi) is 2.73. The number of thioether (sulfide) groups is 1. The Morgan fingerprint density at radius 2 is 2.06 bits per heavy atom. The average Bonchev–Trinajstić information content (AvgIpc) is 2.84. The van der Waals surface area contributed by atoms with Gasteiger partial charge in [0, 0.05) is 22.9 Å². The molecular weight excluding hydrogens is 308 g/mol. The van der Waals surface area contributed by atoms with Gasteiger partial charge in [-0.15, -0.1) is 0 Å². The molecular formula is C11H8BrClN2S. The molecule has 0 N–H and O–H groups in total. The van der Waals surface area contributed by atoms with Crippen molar-refractivity contribution in [2.45, 2.75) is 11.7 Å². The molecule has 2 nitrogen and oxygen atoms in total. The number of imidazole rings is 1. The number of fused-ring (bicyclic) bond motifs is 1. The van der Waals surface area contributed by atoms with Gasteiger partial charge in [0.1, 0.15) is 10.3 Å². The van der Waals surface area contributed by atoms with E-state index in [0.717, 1.165) is 38.3 Å². The zero-order valence-electron chi connectivity index (χ0n) is 8.28. The van der Waals surface area contributed by atoms with Crippen LogP contribution in [0.15, 0.2) is 34.0 Å². The summed E-state index contributed by atoms with van der Waals surface area (Å²) in [6.07, 6.45) is 0. The maximum Gasteiger partial charge on any atom is 0.169 e. The molecule has 5 heteroatoms. The van der Waals surface area contributed by atoms with Crippen molar-refractivity contribution in [1.82, 2.24) is 9.55 Å². The molecule has 2 aromatic rings. The third kappa shape index (κ3) is 1.69. The first-order valence-corrected chi connectivity index (χ1v) is 7.06. The molecule has 1 aliphatic heterocycles. The summed E-state index contributed by atoms with van der Waals surface area (Å²) in [6, 6.07) is 7.77. The zero-order valence-corrected chi connectivity index (χ0v) is 11.4. The second kappa shape index (κ2) is 4.09. The second-order valence-corrected chi connectivity index (χ2v) is 5.79. The highest BCUT2D eigenvalue weighted by Gasteiger charge is 2.20. The first kappa shape index (κ1) is 10.7. The van der Waals surface area contributed by atoms with E-state index in [1.807, 2.05) is 24.3 Å². The van der Waals surface area contributed by atoms with Gasteiger partial charge in [-0.25, -0.2) is 4.98 Å². The smallest absolute Gasteiger partial charge is 0.169 e. The molecule has 3 rings (SSSR count). The van der Waals surface area contributed by atoms with Crippen LogP contribution in [0.3, 0.4) is 0 Å². The van der Waals surface area contributed by atoms with E-state index in [-0.39, 0.29) is 0 Å². The summed E-state index contributed by atoms with van der Waals surface area (Å²) in [5.41, 5.74) is 2.10. The van der Waals surface area contributed by atoms with E-state index in [1.165, 1.54) is 0 Å². The first-order valence-electron chi connectivity index (χ1n) is 4.90.